The molecule has 2 aliphatic rings. The van der Waals surface area contributed by atoms with Crippen molar-refractivity contribution >= 4 is 17.7 Å². The van der Waals surface area contributed by atoms with Crippen molar-refractivity contribution < 1.29 is 14.3 Å². The van der Waals surface area contributed by atoms with E-state index in [1.165, 1.54) is 25.9 Å². The lowest BCUT2D eigenvalue weighted by Crippen LogP contribution is -2.39. The molecular weight excluding hydrogens is 336 g/mol. The zero-order chi connectivity index (χ0) is 17.6. The number of hydrogen-bond acceptors (Lipinski definition) is 5. The average Bonchev–Trinajstić information content (AvgIpc) is 3.16. The van der Waals surface area contributed by atoms with E-state index >= 15 is 0 Å². The van der Waals surface area contributed by atoms with Crippen LogP contribution in [-0.2, 0) is 4.79 Å². The Labute approximate surface area is 154 Å². The Bertz CT molecular complexity index is 590. The molecule has 2 fully saturated rings. The molecule has 1 atom stereocenters. The molecule has 0 saturated carbocycles. The average molecular weight is 365 g/mol. The van der Waals surface area contributed by atoms with Gasteiger partial charge in [0.25, 0.3) is 0 Å². The number of nitrogens with zero attached hydrogens (tertiary/aromatic N) is 2. The van der Waals surface area contributed by atoms with Crippen molar-refractivity contribution in [3.05, 3.63) is 23.8 Å². The smallest absolute Gasteiger partial charge is 0.224 e. The highest BCUT2D eigenvalue weighted by Gasteiger charge is 2.30. The summed E-state index contributed by atoms with van der Waals surface area (Å²) in [6, 6.07) is 5.98. The molecule has 3 rings (SSSR count). The molecule has 0 N–H and O–H groups in total. The van der Waals surface area contributed by atoms with Gasteiger partial charge in [0.05, 0.1) is 14.2 Å². The maximum absolute atomic E-state index is 12.5. The Morgan fingerprint density at radius 2 is 1.88 bits per heavy atom. The Morgan fingerprint density at radius 1 is 1.12 bits per heavy atom. The third kappa shape index (κ3) is 4.42. The zero-order valence-electron chi connectivity index (χ0n) is 15.2. The van der Waals surface area contributed by atoms with Crippen molar-refractivity contribution in [2.24, 2.45) is 0 Å². The highest BCUT2D eigenvalue weighted by Crippen LogP contribution is 2.40. The van der Waals surface area contributed by atoms with Crippen molar-refractivity contribution in [2.75, 3.05) is 46.2 Å². The molecule has 0 bridgehead atoms. The molecule has 2 saturated heterocycles. The molecule has 0 aromatic heterocycles. The first-order valence-electron chi connectivity index (χ1n) is 9.08. The van der Waals surface area contributed by atoms with E-state index in [4.69, 9.17) is 9.47 Å². The fourth-order valence-electron chi connectivity index (χ4n) is 3.62. The first-order chi connectivity index (χ1) is 12.2. The van der Waals surface area contributed by atoms with Crippen molar-refractivity contribution in [1.29, 1.82) is 0 Å². The summed E-state index contributed by atoms with van der Waals surface area (Å²) in [6.07, 6.45) is 4.30. The van der Waals surface area contributed by atoms with E-state index in [2.05, 4.69) is 4.90 Å². The molecule has 2 heterocycles. The number of amides is 1. The number of ether oxygens (including phenoxy) is 2. The standard InChI is InChI=1S/C19H28N2O3S/c1-23-16-7-6-15(14-17(16)24-2)19-21(18(22)8-13-25-19)12-5-11-20-9-3-4-10-20/h6-7,14,19H,3-5,8-13H2,1-2H3. The lowest BCUT2D eigenvalue weighted by molar-refractivity contribution is -0.132. The third-order valence-corrected chi connectivity index (χ3v) is 6.24. The zero-order valence-corrected chi connectivity index (χ0v) is 16.0. The van der Waals surface area contributed by atoms with Crippen molar-refractivity contribution in [1.82, 2.24) is 9.80 Å². The van der Waals surface area contributed by atoms with Crippen molar-refractivity contribution in [3.63, 3.8) is 0 Å². The summed E-state index contributed by atoms with van der Waals surface area (Å²) in [5.41, 5.74) is 1.11. The van der Waals surface area contributed by atoms with Gasteiger partial charge in [-0.3, -0.25) is 4.79 Å². The summed E-state index contributed by atoms with van der Waals surface area (Å²) in [5.74, 6) is 2.58. The van der Waals surface area contributed by atoms with E-state index in [0.717, 1.165) is 42.3 Å². The number of hydrogen-bond donors (Lipinski definition) is 0. The van der Waals surface area contributed by atoms with Crippen LogP contribution in [0.15, 0.2) is 18.2 Å². The molecule has 2 aliphatic heterocycles. The quantitative estimate of drug-likeness (QED) is 0.743. The maximum Gasteiger partial charge on any atom is 0.224 e. The largest absolute Gasteiger partial charge is 0.493 e. The SMILES string of the molecule is COc1ccc(C2SCCC(=O)N2CCCN2CCCC2)cc1OC. The van der Waals surface area contributed by atoms with Gasteiger partial charge in [-0.1, -0.05) is 6.07 Å². The fraction of sp³-hybridized carbons (Fsp3) is 0.632. The first-order valence-corrected chi connectivity index (χ1v) is 10.1. The van der Waals surface area contributed by atoms with Crippen LogP contribution in [0.5, 0.6) is 11.5 Å². The first kappa shape index (κ1) is 18.4. The molecule has 138 valence electrons. The van der Waals surface area contributed by atoms with E-state index in [1.54, 1.807) is 14.2 Å². The summed E-state index contributed by atoms with van der Waals surface area (Å²) in [4.78, 5) is 17.1. The molecule has 1 amide bonds. The maximum atomic E-state index is 12.5. The van der Waals surface area contributed by atoms with Crippen LogP contribution in [-0.4, -0.2) is 61.9 Å². The van der Waals surface area contributed by atoms with Gasteiger partial charge in [-0.2, -0.15) is 0 Å². The van der Waals surface area contributed by atoms with E-state index in [9.17, 15) is 4.79 Å². The third-order valence-electron chi connectivity index (χ3n) is 4.96. The van der Waals surface area contributed by atoms with Crippen LogP contribution in [0.25, 0.3) is 0 Å². The van der Waals surface area contributed by atoms with Gasteiger partial charge >= 0.3 is 0 Å². The van der Waals surface area contributed by atoms with E-state index in [1.807, 2.05) is 34.9 Å². The predicted octanol–water partition coefficient (Wildman–Crippen LogP) is 3.15. The number of thioether (sulfide) groups is 1. The monoisotopic (exact) mass is 364 g/mol. The van der Waals surface area contributed by atoms with Gasteiger partial charge in [0, 0.05) is 18.7 Å². The van der Waals surface area contributed by atoms with Crippen LogP contribution in [0, 0.1) is 0 Å². The Hall–Kier alpha value is -1.40. The van der Waals surface area contributed by atoms with Crippen LogP contribution in [0.1, 0.15) is 36.6 Å². The van der Waals surface area contributed by atoms with E-state index in [-0.39, 0.29) is 11.3 Å². The van der Waals surface area contributed by atoms with Crippen molar-refractivity contribution in [2.45, 2.75) is 31.1 Å². The molecular formula is C19H28N2O3S. The van der Waals surface area contributed by atoms with Crippen LogP contribution in [0.4, 0.5) is 0 Å². The van der Waals surface area contributed by atoms with Crippen LogP contribution < -0.4 is 9.47 Å². The van der Waals surface area contributed by atoms with Gasteiger partial charge in [0.15, 0.2) is 11.5 Å². The molecule has 0 aliphatic carbocycles. The molecule has 5 nitrogen and oxygen atoms in total. The summed E-state index contributed by atoms with van der Waals surface area (Å²) in [6.45, 7) is 4.33. The molecule has 25 heavy (non-hydrogen) atoms. The minimum atomic E-state index is 0.0691. The molecule has 0 spiro atoms. The number of carbonyl (C=O) groups is 1. The van der Waals surface area contributed by atoms with Gasteiger partial charge in [0.1, 0.15) is 5.37 Å². The summed E-state index contributed by atoms with van der Waals surface area (Å²) < 4.78 is 10.8. The topological polar surface area (TPSA) is 42.0 Å². The second-order valence-corrected chi connectivity index (χ2v) is 7.77. The van der Waals surface area contributed by atoms with Gasteiger partial charge in [-0.05, 0) is 56.6 Å². The second-order valence-electron chi connectivity index (χ2n) is 6.58. The molecule has 0 radical (unpaired) electrons. The summed E-state index contributed by atoms with van der Waals surface area (Å²) in [5, 5.41) is 0.0691. The van der Waals surface area contributed by atoms with Gasteiger partial charge < -0.3 is 19.3 Å². The van der Waals surface area contributed by atoms with Crippen LogP contribution in [0.2, 0.25) is 0 Å². The van der Waals surface area contributed by atoms with E-state index < -0.39 is 0 Å². The number of benzene rings is 1. The minimum Gasteiger partial charge on any atom is -0.493 e. The highest BCUT2D eigenvalue weighted by atomic mass is 32.2. The number of rotatable bonds is 7. The van der Waals surface area contributed by atoms with E-state index in [0.29, 0.717) is 6.42 Å². The Balaban J connectivity index is 1.69. The highest BCUT2D eigenvalue weighted by molar-refractivity contribution is 7.99. The Kier molecular flexibility index (Phi) is 6.48. The van der Waals surface area contributed by atoms with Crippen LogP contribution >= 0.6 is 11.8 Å². The second kappa shape index (κ2) is 8.81. The number of likely N-dealkylation sites (tertiary alicyclic amines) is 1. The lowest BCUT2D eigenvalue weighted by atomic mass is 10.1. The molecule has 1 aromatic rings. The fourth-order valence-corrected chi connectivity index (χ4v) is 4.88. The minimum absolute atomic E-state index is 0.0691. The summed E-state index contributed by atoms with van der Waals surface area (Å²) in [7, 11) is 3.29. The molecule has 1 unspecified atom stereocenters. The summed E-state index contributed by atoms with van der Waals surface area (Å²) >= 11 is 1.84. The number of methoxy groups -OCH3 is 2. The van der Waals surface area contributed by atoms with Gasteiger partial charge in [0.2, 0.25) is 5.91 Å². The Morgan fingerprint density at radius 3 is 2.60 bits per heavy atom. The van der Waals surface area contributed by atoms with Gasteiger partial charge in [-0.15, -0.1) is 11.8 Å². The lowest BCUT2D eigenvalue weighted by Gasteiger charge is -2.36. The normalized spacial score (nSPS) is 21.6. The predicted molar refractivity (Wildman–Crippen MR) is 101 cm³/mol. The molecule has 1 aromatic carbocycles. The van der Waals surface area contributed by atoms with Crippen molar-refractivity contribution in [3.8, 4) is 11.5 Å². The molecule has 6 heteroatoms. The van der Waals surface area contributed by atoms with Crippen LogP contribution in [0.3, 0.4) is 0 Å². The van der Waals surface area contributed by atoms with Gasteiger partial charge in [-0.25, -0.2) is 0 Å². The number of carbonyl (C=O) groups excluding carboxylic acids is 1.